The zero-order valence-electron chi connectivity index (χ0n) is 16.1. The molecular formula is C22H27F2NO3. The monoisotopic (exact) mass is 391 g/mol. The first-order chi connectivity index (χ1) is 13.5. The van der Waals surface area contributed by atoms with Crippen LogP contribution in [0.1, 0.15) is 24.0 Å². The van der Waals surface area contributed by atoms with Crippen molar-refractivity contribution in [2.24, 2.45) is 5.41 Å². The summed E-state index contributed by atoms with van der Waals surface area (Å²) in [5, 5.41) is 10.2. The van der Waals surface area contributed by atoms with Crippen LogP contribution in [0, 0.1) is 5.41 Å². The van der Waals surface area contributed by atoms with E-state index in [9.17, 15) is 13.9 Å². The summed E-state index contributed by atoms with van der Waals surface area (Å²) in [6.07, 6.45) is 2.61. The fourth-order valence-corrected chi connectivity index (χ4v) is 4.08. The van der Waals surface area contributed by atoms with Gasteiger partial charge in [0.1, 0.15) is 11.5 Å². The Balaban J connectivity index is 1.73. The molecule has 1 aliphatic rings. The highest BCUT2D eigenvalue weighted by Crippen LogP contribution is 2.35. The van der Waals surface area contributed by atoms with Crippen molar-refractivity contribution < 1.29 is 23.4 Å². The zero-order chi connectivity index (χ0) is 20.0. The highest BCUT2D eigenvalue weighted by atomic mass is 19.3. The predicted molar refractivity (Wildman–Crippen MR) is 104 cm³/mol. The van der Waals surface area contributed by atoms with Crippen molar-refractivity contribution in [2.75, 3.05) is 26.8 Å². The number of likely N-dealkylation sites (tertiary alicyclic amines) is 1. The van der Waals surface area contributed by atoms with Crippen molar-refractivity contribution >= 4 is 0 Å². The molecule has 1 aliphatic heterocycles. The number of halogens is 2. The lowest BCUT2D eigenvalue weighted by Gasteiger charge is -2.42. The molecule has 0 aliphatic carbocycles. The molecule has 6 heteroatoms. The summed E-state index contributed by atoms with van der Waals surface area (Å²) in [7, 11) is 1.64. The quantitative estimate of drug-likeness (QED) is 0.735. The second-order valence-corrected chi connectivity index (χ2v) is 7.49. The third kappa shape index (κ3) is 5.20. The van der Waals surface area contributed by atoms with Crippen molar-refractivity contribution in [3.05, 3.63) is 59.7 Å². The molecule has 3 rings (SSSR count). The Labute approximate surface area is 164 Å². The molecule has 1 heterocycles. The number of aliphatic hydroxyl groups excluding tert-OH is 1. The Morgan fingerprint density at radius 2 is 2.00 bits per heavy atom. The van der Waals surface area contributed by atoms with E-state index in [0.29, 0.717) is 13.1 Å². The van der Waals surface area contributed by atoms with Gasteiger partial charge in [0.2, 0.25) is 0 Å². The van der Waals surface area contributed by atoms with Crippen LogP contribution in [0.5, 0.6) is 11.5 Å². The molecule has 0 bridgehead atoms. The number of rotatable bonds is 8. The van der Waals surface area contributed by atoms with E-state index in [2.05, 4.69) is 9.64 Å². The smallest absolute Gasteiger partial charge is 0.387 e. The van der Waals surface area contributed by atoms with Crippen LogP contribution in [-0.4, -0.2) is 43.4 Å². The van der Waals surface area contributed by atoms with Crippen molar-refractivity contribution in [3.63, 3.8) is 0 Å². The molecule has 2 aromatic carbocycles. The standard InChI is InChI=1S/C22H27F2NO3/c1-27-19-8-4-6-17(12-19)13-22(16-26)10-5-11-25(15-22)14-18-7-2-3-9-20(18)28-21(23)24/h2-4,6-9,12,21,26H,5,10-11,13-16H2,1H3/t22-/m0/s1. The van der Waals surface area contributed by atoms with Gasteiger partial charge in [-0.2, -0.15) is 8.78 Å². The van der Waals surface area contributed by atoms with E-state index in [4.69, 9.17) is 4.74 Å². The maximum absolute atomic E-state index is 12.7. The van der Waals surface area contributed by atoms with Crippen LogP contribution >= 0.6 is 0 Å². The van der Waals surface area contributed by atoms with E-state index in [0.717, 1.165) is 42.7 Å². The van der Waals surface area contributed by atoms with Gasteiger partial charge in [-0.05, 0) is 49.6 Å². The molecule has 1 fully saturated rings. The zero-order valence-corrected chi connectivity index (χ0v) is 16.1. The second-order valence-electron chi connectivity index (χ2n) is 7.49. The lowest BCUT2D eigenvalue weighted by molar-refractivity contribution is -0.0511. The predicted octanol–water partition coefficient (Wildman–Crippen LogP) is 4.11. The van der Waals surface area contributed by atoms with Crippen molar-refractivity contribution in [1.29, 1.82) is 0 Å². The number of ether oxygens (including phenoxy) is 2. The van der Waals surface area contributed by atoms with E-state index >= 15 is 0 Å². The number of benzene rings is 2. The normalized spacial score (nSPS) is 20.3. The molecule has 28 heavy (non-hydrogen) atoms. The molecule has 1 N–H and O–H groups in total. The third-order valence-corrected chi connectivity index (χ3v) is 5.37. The molecule has 1 saturated heterocycles. The molecule has 0 saturated carbocycles. The van der Waals surface area contributed by atoms with Gasteiger partial charge < -0.3 is 14.6 Å². The van der Waals surface area contributed by atoms with Gasteiger partial charge in [0.25, 0.3) is 0 Å². The van der Waals surface area contributed by atoms with Crippen molar-refractivity contribution in [2.45, 2.75) is 32.4 Å². The van der Waals surface area contributed by atoms with Crippen LogP contribution in [0.15, 0.2) is 48.5 Å². The SMILES string of the molecule is COc1cccc(C[C@@]2(CO)CCCN(Cc3ccccc3OC(F)F)C2)c1. The van der Waals surface area contributed by atoms with E-state index in [1.165, 1.54) is 0 Å². The minimum Gasteiger partial charge on any atom is -0.497 e. The van der Waals surface area contributed by atoms with Crippen LogP contribution in [-0.2, 0) is 13.0 Å². The van der Waals surface area contributed by atoms with Gasteiger partial charge in [0.15, 0.2) is 0 Å². The summed E-state index contributed by atoms with van der Waals surface area (Å²) in [4.78, 5) is 2.22. The summed E-state index contributed by atoms with van der Waals surface area (Å²) in [5.41, 5.74) is 1.60. The number of alkyl halides is 2. The fraction of sp³-hybridized carbons (Fsp3) is 0.455. The van der Waals surface area contributed by atoms with Crippen LogP contribution in [0.4, 0.5) is 8.78 Å². The summed E-state index contributed by atoms with van der Waals surface area (Å²) in [5.74, 6) is 1.02. The molecule has 152 valence electrons. The Hall–Kier alpha value is -2.18. The Morgan fingerprint density at radius 3 is 2.75 bits per heavy atom. The minimum atomic E-state index is -2.84. The third-order valence-electron chi connectivity index (χ3n) is 5.37. The van der Waals surface area contributed by atoms with E-state index in [1.54, 1.807) is 19.2 Å². The molecule has 0 aromatic heterocycles. The largest absolute Gasteiger partial charge is 0.497 e. The van der Waals surface area contributed by atoms with Gasteiger partial charge in [-0.3, -0.25) is 4.90 Å². The molecule has 2 aromatic rings. The number of hydrogen-bond acceptors (Lipinski definition) is 4. The van der Waals surface area contributed by atoms with Gasteiger partial charge in [0.05, 0.1) is 13.7 Å². The highest BCUT2D eigenvalue weighted by molar-refractivity contribution is 5.33. The summed E-state index contributed by atoms with van der Waals surface area (Å²) < 4.78 is 35.3. The summed E-state index contributed by atoms with van der Waals surface area (Å²) in [6, 6.07) is 14.8. The first-order valence-electron chi connectivity index (χ1n) is 9.52. The van der Waals surface area contributed by atoms with Crippen LogP contribution in [0.3, 0.4) is 0 Å². The molecule has 1 atom stereocenters. The van der Waals surface area contributed by atoms with Crippen molar-refractivity contribution in [3.8, 4) is 11.5 Å². The number of hydrogen-bond donors (Lipinski definition) is 1. The number of nitrogens with zero attached hydrogens (tertiary/aromatic N) is 1. The maximum Gasteiger partial charge on any atom is 0.387 e. The molecule has 4 nitrogen and oxygen atoms in total. The fourth-order valence-electron chi connectivity index (χ4n) is 4.08. The number of piperidine rings is 1. The lowest BCUT2D eigenvalue weighted by atomic mass is 9.75. The van der Waals surface area contributed by atoms with E-state index < -0.39 is 6.61 Å². The van der Waals surface area contributed by atoms with E-state index in [1.807, 2.05) is 36.4 Å². The second kappa shape index (κ2) is 9.34. The average Bonchev–Trinajstić information content (AvgIpc) is 2.69. The van der Waals surface area contributed by atoms with Crippen LogP contribution < -0.4 is 9.47 Å². The van der Waals surface area contributed by atoms with E-state index in [-0.39, 0.29) is 17.8 Å². The molecule has 0 unspecified atom stereocenters. The number of aliphatic hydroxyl groups is 1. The minimum absolute atomic E-state index is 0.0793. The Morgan fingerprint density at radius 1 is 1.18 bits per heavy atom. The molecular weight excluding hydrogens is 364 g/mol. The van der Waals surface area contributed by atoms with Gasteiger partial charge in [-0.25, -0.2) is 0 Å². The Kier molecular flexibility index (Phi) is 6.86. The Bertz CT molecular complexity index is 771. The average molecular weight is 391 g/mol. The lowest BCUT2D eigenvalue weighted by Crippen LogP contribution is -2.46. The number of para-hydroxylation sites is 1. The summed E-state index contributed by atoms with van der Waals surface area (Å²) in [6.45, 7) is -0.683. The first-order valence-corrected chi connectivity index (χ1v) is 9.52. The van der Waals surface area contributed by atoms with Gasteiger partial charge in [-0.15, -0.1) is 0 Å². The van der Waals surface area contributed by atoms with Gasteiger partial charge in [-0.1, -0.05) is 30.3 Å². The number of methoxy groups -OCH3 is 1. The topological polar surface area (TPSA) is 41.9 Å². The summed E-state index contributed by atoms with van der Waals surface area (Å²) >= 11 is 0. The first kappa shape index (κ1) is 20.6. The molecule has 0 radical (unpaired) electrons. The maximum atomic E-state index is 12.7. The van der Waals surface area contributed by atoms with Gasteiger partial charge in [0, 0.05) is 24.1 Å². The highest BCUT2D eigenvalue weighted by Gasteiger charge is 2.35. The van der Waals surface area contributed by atoms with Crippen LogP contribution in [0.25, 0.3) is 0 Å². The molecule has 0 spiro atoms. The van der Waals surface area contributed by atoms with Crippen molar-refractivity contribution in [1.82, 2.24) is 4.90 Å². The van der Waals surface area contributed by atoms with Gasteiger partial charge >= 0.3 is 6.61 Å². The molecule has 0 amide bonds. The van der Waals surface area contributed by atoms with Crippen LogP contribution in [0.2, 0.25) is 0 Å².